The van der Waals surface area contributed by atoms with Gasteiger partial charge in [0.1, 0.15) is 0 Å². The van der Waals surface area contributed by atoms with Crippen LogP contribution in [0.2, 0.25) is 20.1 Å². The molecule has 0 aliphatic heterocycles. The van der Waals surface area contributed by atoms with E-state index < -0.39 is 0 Å². The van der Waals surface area contributed by atoms with Gasteiger partial charge in [-0.2, -0.15) is 0 Å². The van der Waals surface area contributed by atoms with Crippen molar-refractivity contribution in [2.24, 2.45) is 0 Å². The van der Waals surface area contributed by atoms with Crippen molar-refractivity contribution >= 4 is 69.8 Å². The van der Waals surface area contributed by atoms with Crippen LogP contribution in [-0.4, -0.2) is 12.2 Å². The third kappa shape index (κ3) is 3.99. The Kier molecular flexibility index (Phi) is 5.69. The first kappa shape index (κ1) is 16.8. The third-order valence-electron chi connectivity index (χ3n) is 2.65. The van der Waals surface area contributed by atoms with Crippen molar-refractivity contribution in [3.63, 3.8) is 0 Å². The van der Waals surface area contributed by atoms with Gasteiger partial charge in [0.15, 0.2) is 0 Å². The predicted octanol–water partition coefficient (Wildman–Crippen LogP) is 6.27. The number of hydrogen-bond donors (Lipinski definition) is 1. The number of rotatable bonds is 3. The summed E-state index contributed by atoms with van der Waals surface area (Å²) in [6.45, 7) is 0. The monoisotopic (exact) mass is 379 g/mol. The molecule has 0 aliphatic rings. The molecule has 2 nitrogen and oxygen atoms in total. The SMILES string of the molecule is CSc1ccc(Cl)cc1C(=O)Nc1c(Cl)cc(Cl)cc1Cl. The van der Waals surface area contributed by atoms with Gasteiger partial charge in [0.25, 0.3) is 5.91 Å². The van der Waals surface area contributed by atoms with Crippen LogP contribution in [0.15, 0.2) is 35.2 Å². The van der Waals surface area contributed by atoms with Crippen molar-refractivity contribution in [1.82, 2.24) is 0 Å². The summed E-state index contributed by atoms with van der Waals surface area (Å²) in [6.07, 6.45) is 1.88. The molecule has 0 spiro atoms. The first-order chi connectivity index (χ1) is 9.92. The molecule has 0 heterocycles. The van der Waals surface area contributed by atoms with Gasteiger partial charge in [0, 0.05) is 14.9 Å². The first-order valence-electron chi connectivity index (χ1n) is 5.72. The molecule has 21 heavy (non-hydrogen) atoms. The minimum absolute atomic E-state index is 0.272. The van der Waals surface area contributed by atoms with Gasteiger partial charge in [0.2, 0.25) is 0 Å². The second-order valence-electron chi connectivity index (χ2n) is 4.04. The largest absolute Gasteiger partial charge is 0.319 e. The van der Waals surface area contributed by atoms with E-state index in [2.05, 4.69) is 5.32 Å². The number of hydrogen-bond acceptors (Lipinski definition) is 2. The molecular formula is C14H9Cl4NOS. The Morgan fingerprint density at radius 3 is 2.19 bits per heavy atom. The predicted molar refractivity (Wildman–Crippen MR) is 92.7 cm³/mol. The molecule has 2 aromatic rings. The Bertz CT molecular complexity index is 682. The van der Waals surface area contributed by atoms with Gasteiger partial charge in [-0.25, -0.2) is 0 Å². The number of carbonyl (C=O) groups excluding carboxylic acids is 1. The van der Waals surface area contributed by atoms with Gasteiger partial charge < -0.3 is 5.32 Å². The quantitative estimate of drug-likeness (QED) is 0.635. The maximum Gasteiger partial charge on any atom is 0.256 e. The number of carbonyl (C=O) groups is 1. The molecule has 0 aromatic heterocycles. The fraction of sp³-hybridized carbons (Fsp3) is 0.0714. The Hall–Kier alpha value is -0.580. The molecule has 2 aromatic carbocycles. The minimum atomic E-state index is -0.340. The molecule has 0 saturated carbocycles. The second kappa shape index (κ2) is 7.12. The summed E-state index contributed by atoms with van der Waals surface area (Å²) in [4.78, 5) is 13.2. The number of amides is 1. The van der Waals surface area contributed by atoms with Gasteiger partial charge in [-0.15, -0.1) is 11.8 Å². The zero-order valence-electron chi connectivity index (χ0n) is 10.7. The number of nitrogens with one attached hydrogen (secondary N) is 1. The van der Waals surface area contributed by atoms with E-state index in [1.54, 1.807) is 18.2 Å². The normalized spacial score (nSPS) is 10.5. The van der Waals surface area contributed by atoms with Gasteiger partial charge in [-0.1, -0.05) is 46.4 Å². The lowest BCUT2D eigenvalue weighted by atomic mass is 10.2. The summed E-state index contributed by atoms with van der Waals surface area (Å²) in [5.74, 6) is -0.340. The van der Waals surface area contributed by atoms with Crippen LogP contribution in [0.5, 0.6) is 0 Å². The molecule has 0 atom stereocenters. The molecule has 0 fully saturated rings. The van der Waals surface area contributed by atoms with Crippen LogP contribution in [0, 0.1) is 0 Å². The van der Waals surface area contributed by atoms with E-state index >= 15 is 0 Å². The number of halogens is 4. The summed E-state index contributed by atoms with van der Waals surface area (Å²) in [5.41, 5.74) is 0.775. The Labute approximate surface area is 146 Å². The summed E-state index contributed by atoms with van der Waals surface area (Å²) in [6, 6.07) is 8.13. The molecule has 1 amide bonds. The maximum atomic E-state index is 12.4. The Morgan fingerprint density at radius 2 is 1.62 bits per heavy atom. The zero-order chi connectivity index (χ0) is 15.6. The van der Waals surface area contributed by atoms with Crippen molar-refractivity contribution in [3.8, 4) is 0 Å². The Balaban J connectivity index is 2.37. The highest BCUT2D eigenvalue weighted by molar-refractivity contribution is 7.98. The van der Waals surface area contributed by atoms with Crippen molar-refractivity contribution in [1.29, 1.82) is 0 Å². The van der Waals surface area contributed by atoms with Gasteiger partial charge in [0.05, 0.1) is 21.3 Å². The van der Waals surface area contributed by atoms with Crippen LogP contribution in [0.25, 0.3) is 0 Å². The summed E-state index contributed by atoms with van der Waals surface area (Å²) >= 11 is 25.3. The lowest BCUT2D eigenvalue weighted by Gasteiger charge is -2.12. The van der Waals surface area contributed by atoms with E-state index in [9.17, 15) is 4.79 Å². The lowest BCUT2D eigenvalue weighted by Crippen LogP contribution is -2.13. The van der Waals surface area contributed by atoms with E-state index in [0.717, 1.165) is 4.90 Å². The van der Waals surface area contributed by atoms with Crippen molar-refractivity contribution in [3.05, 3.63) is 56.0 Å². The minimum Gasteiger partial charge on any atom is -0.319 e. The van der Waals surface area contributed by atoms with Gasteiger partial charge in [-0.05, 0) is 36.6 Å². The van der Waals surface area contributed by atoms with Crippen molar-refractivity contribution in [2.45, 2.75) is 4.90 Å². The van der Waals surface area contributed by atoms with E-state index in [0.29, 0.717) is 21.3 Å². The standard InChI is InChI=1S/C14H9Cl4NOS/c1-21-12-3-2-7(15)4-9(12)14(20)19-13-10(17)5-8(16)6-11(13)18/h2-6H,1H3,(H,19,20). The third-order valence-corrected chi connectivity index (χ3v) is 4.50. The summed E-state index contributed by atoms with van der Waals surface area (Å²) in [5, 5.41) is 4.11. The lowest BCUT2D eigenvalue weighted by molar-refractivity contribution is 0.102. The molecule has 0 aliphatic carbocycles. The summed E-state index contributed by atoms with van der Waals surface area (Å²) in [7, 11) is 0. The number of benzene rings is 2. The van der Waals surface area contributed by atoms with E-state index in [-0.39, 0.29) is 16.0 Å². The zero-order valence-corrected chi connectivity index (χ0v) is 14.6. The van der Waals surface area contributed by atoms with E-state index in [1.165, 1.54) is 23.9 Å². The van der Waals surface area contributed by atoms with Crippen LogP contribution >= 0.6 is 58.2 Å². The molecule has 0 radical (unpaired) electrons. The van der Waals surface area contributed by atoms with Crippen LogP contribution in [-0.2, 0) is 0 Å². The molecule has 110 valence electrons. The molecule has 1 N–H and O–H groups in total. The molecule has 0 unspecified atom stereocenters. The van der Waals surface area contributed by atoms with E-state index in [1.807, 2.05) is 6.26 Å². The van der Waals surface area contributed by atoms with Crippen molar-refractivity contribution < 1.29 is 4.79 Å². The van der Waals surface area contributed by atoms with Crippen molar-refractivity contribution in [2.75, 3.05) is 11.6 Å². The molecule has 7 heteroatoms. The van der Waals surface area contributed by atoms with Gasteiger partial charge >= 0.3 is 0 Å². The average molecular weight is 381 g/mol. The molecule has 2 rings (SSSR count). The Morgan fingerprint density at radius 1 is 1.00 bits per heavy atom. The van der Waals surface area contributed by atoms with E-state index in [4.69, 9.17) is 46.4 Å². The summed E-state index contributed by atoms with van der Waals surface area (Å²) < 4.78 is 0. The van der Waals surface area contributed by atoms with Crippen LogP contribution < -0.4 is 5.32 Å². The van der Waals surface area contributed by atoms with Crippen LogP contribution in [0.1, 0.15) is 10.4 Å². The first-order valence-corrected chi connectivity index (χ1v) is 8.45. The second-order valence-corrected chi connectivity index (χ2v) is 6.58. The number of anilines is 1. The van der Waals surface area contributed by atoms with Crippen LogP contribution in [0.3, 0.4) is 0 Å². The fourth-order valence-corrected chi connectivity index (χ4v) is 3.36. The van der Waals surface area contributed by atoms with Gasteiger partial charge in [-0.3, -0.25) is 4.79 Å². The smallest absolute Gasteiger partial charge is 0.256 e. The van der Waals surface area contributed by atoms with Crippen LogP contribution in [0.4, 0.5) is 5.69 Å². The average Bonchev–Trinajstić information content (AvgIpc) is 2.42. The fourth-order valence-electron chi connectivity index (χ4n) is 1.70. The number of thioether (sulfide) groups is 1. The molecule has 0 bridgehead atoms. The topological polar surface area (TPSA) is 29.1 Å². The highest BCUT2D eigenvalue weighted by Gasteiger charge is 2.16. The molecule has 0 saturated heterocycles. The maximum absolute atomic E-state index is 12.4. The molecular weight excluding hydrogens is 372 g/mol. The highest BCUT2D eigenvalue weighted by Crippen LogP contribution is 2.34. The highest BCUT2D eigenvalue weighted by atomic mass is 35.5.